The van der Waals surface area contributed by atoms with E-state index in [9.17, 15) is 4.79 Å². The fourth-order valence-corrected chi connectivity index (χ4v) is 3.68. The predicted molar refractivity (Wildman–Crippen MR) is 99.7 cm³/mol. The fraction of sp³-hybridized carbons (Fsp3) is 0.632. The molecule has 1 unspecified atom stereocenters. The van der Waals surface area contributed by atoms with E-state index in [-0.39, 0.29) is 11.4 Å². The molecular formula is C19H30BrNO2. The molecule has 0 bridgehead atoms. The first-order valence-corrected chi connectivity index (χ1v) is 8.89. The van der Waals surface area contributed by atoms with E-state index < -0.39 is 5.41 Å². The zero-order valence-electron chi connectivity index (χ0n) is 15.3. The van der Waals surface area contributed by atoms with Crippen LogP contribution in [-0.4, -0.2) is 38.6 Å². The zero-order chi connectivity index (χ0) is 17.7. The number of rotatable bonds is 8. The van der Waals surface area contributed by atoms with Crippen LogP contribution in [0.15, 0.2) is 28.7 Å². The SMILES string of the molecule is COC(=O)C(C)(CCCC(C)(C)CN(C)C)c1cccc(Br)c1. The summed E-state index contributed by atoms with van der Waals surface area (Å²) < 4.78 is 6.08. The third-order valence-corrected chi connectivity index (χ3v) is 4.87. The Morgan fingerprint density at radius 2 is 1.87 bits per heavy atom. The van der Waals surface area contributed by atoms with Gasteiger partial charge in [-0.3, -0.25) is 4.79 Å². The molecule has 0 spiro atoms. The molecule has 23 heavy (non-hydrogen) atoms. The van der Waals surface area contributed by atoms with Crippen LogP contribution in [0.2, 0.25) is 0 Å². The van der Waals surface area contributed by atoms with Crippen LogP contribution in [0.3, 0.4) is 0 Å². The molecule has 1 aromatic rings. The molecule has 0 saturated carbocycles. The van der Waals surface area contributed by atoms with Crippen molar-refractivity contribution in [3.8, 4) is 0 Å². The van der Waals surface area contributed by atoms with Crippen LogP contribution < -0.4 is 0 Å². The lowest BCUT2D eigenvalue weighted by atomic mass is 9.76. The lowest BCUT2D eigenvalue weighted by Crippen LogP contribution is -2.35. The topological polar surface area (TPSA) is 29.5 Å². The Morgan fingerprint density at radius 1 is 1.22 bits per heavy atom. The second-order valence-corrected chi connectivity index (χ2v) is 8.51. The number of nitrogens with zero attached hydrogens (tertiary/aromatic N) is 1. The van der Waals surface area contributed by atoms with Crippen molar-refractivity contribution in [2.75, 3.05) is 27.7 Å². The minimum Gasteiger partial charge on any atom is -0.468 e. The van der Waals surface area contributed by atoms with Crippen molar-refractivity contribution in [2.45, 2.75) is 45.4 Å². The maximum absolute atomic E-state index is 12.4. The first-order chi connectivity index (χ1) is 10.6. The van der Waals surface area contributed by atoms with Gasteiger partial charge in [0, 0.05) is 11.0 Å². The summed E-state index contributed by atoms with van der Waals surface area (Å²) in [5.41, 5.74) is 0.633. The molecule has 0 heterocycles. The van der Waals surface area contributed by atoms with Gasteiger partial charge in [-0.05, 0) is 57.0 Å². The van der Waals surface area contributed by atoms with Crippen LogP contribution in [0.4, 0.5) is 0 Å². The van der Waals surface area contributed by atoms with Gasteiger partial charge in [-0.25, -0.2) is 0 Å². The van der Waals surface area contributed by atoms with Crippen molar-refractivity contribution in [3.05, 3.63) is 34.3 Å². The van der Waals surface area contributed by atoms with Crippen LogP contribution in [0.1, 0.15) is 45.6 Å². The molecule has 4 heteroatoms. The van der Waals surface area contributed by atoms with Crippen molar-refractivity contribution in [1.82, 2.24) is 4.90 Å². The third-order valence-electron chi connectivity index (χ3n) is 4.37. The standard InChI is InChI=1S/C19H30BrNO2/c1-18(2,14-21(4)5)11-8-12-19(3,17(22)23-6)15-9-7-10-16(20)13-15/h7,9-10,13H,8,11-12,14H2,1-6H3. The monoisotopic (exact) mass is 383 g/mol. The zero-order valence-corrected chi connectivity index (χ0v) is 16.9. The van der Waals surface area contributed by atoms with Crippen molar-refractivity contribution < 1.29 is 9.53 Å². The number of carbonyl (C=O) groups is 1. The van der Waals surface area contributed by atoms with Gasteiger partial charge >= 0.3 is 5.97 Å². The number of ether oxygens (including phenoxy) is 1. The van der Waals surface area contributed by atoms with Gasteiger partial charge in [-0.2, -0.15) is 0 Å². The first kappa shape index (κ1) is 20.2. The van der Waals surface area contributed by atoms with Gasteiger partial charge in [-0.1, -0.05) is 48.3 Å². The highest BCUT2D eigenvalue weighted by molar-refractivity contribution is 9.10. The minimum atomic E-state index is -0.604. The normalized spacial score (nSPS) is 14.6. The third kappa shape index (κ3) is 5.92. The van der Waals surface area contributed by atoms with Gasteiger partial charge in [0.1, 0.15) is 0 Å². The Hall–Kier alpha value is -0.870. The summed E-state index contributed by atoms with van der Waals surface area (Å²) in [6, 6.07) is 7.96. The predicted octanol–water partition coefficient (Wildman–Crippen LogP) is 4.64. The van der Waals surface area contributed by atoms with Crippen LogP contribution in [0, 0.1) is 5.41 Å². The second-order valence-electron chi connectivity index (χ2n) is 7.59. The molecule has 0 aliphatic carbocycles. The van der Waals surface area contributed by atoms with Crippen LogP contribution in [-0.2, 0) is 14.9 Å². The van der Waals surface area contributed by atoms with E-state index in [0.717, 1.165) is 35.8 Å². The summed E-state index contributed by atoms with van der Waals surface area (Å²) in [5.74, 6) is -0.166. The van der Waals surface area contributed by atoms with E-state index in [1.807, 2.05) is 31.2 Å². The molecule has 0 fully saturated rings. The van der Waals surface area contributed by atoms with E-state index in [1.54, 1.807) is 0 Å². The van der Waals surface area contributed by atoms with Crippen molar-refractivity contribution >= 4 is 21.9 Å². The highest BCUT2D eigenvalue weighted by Gasteiger charge is 2.36. The summed E-state index contributed by atoms with van der Waals surface area (Å²) in [6.07, 6.45) is 2.84. The Morgan fingerprint density at radius 3 is 2.39 bits per heavy atom. The average Bonchev–Trinajstić information content (AvgIpc) is 2.44. The van der Waals surface area contributed by atoms with Crippen molar-refractivity contribution in [1.29, 1.82) is 0 Å². The Labute approximate surface area is 149 Å². The Kier molecular flexibility index (Phi) is 7.28. The molecule has 0 saturated heterocycles. The minimum absolute atomic E-state index is 0.166. The molecule has 1 rings (SSSR count). The maximum Gasteiger partial charge on any atom is 0.315 e. The smallest absolute Gasteiger partial charge is 0.315 e. The summed E-state index contributed by atoms with van der Waals surface area (Å²) in [4.78, 5) is 14.6. The number of benzene rings is 1. The molecular weight excluding hydrogens is 354 g/mol. The molecule has 130 valence electrons. The van der Waals surface area contributed by atoms with Gasteiger partial charge in [0.2, 0.25) is 0 Å². The molecule has 1 atom stereocenters. The van der Waals surface area contributed by atoms with Gasteiger partial charge in [-0.15, -0.1) is 0 Å². The molecule has 1 aromatic carbocycles. The van der Waals surface area contributed by atoms with E-state index in [1.165, 1.54) is 7.11 Å². The van der Waals surface area contributed by atoms with Crippen LogP contribution in [0.5, 0.6) is 0 Å². The Balaban J connectivity index is 2.86. The Bertz CT molecular complexity index is 528. The van der Waals surface area contributed by atoms with E-state index in [2.05, 4.69) is 48.8 Å². The summed E-state index contributed by atoms with van der Waals surface area (Å²) in [5, 5.41) is 0. The lowest BCUT2D eigenvalue weighted by molar-refractivity contribution is -0.147. The molecule has 0 N–H and O–H groups in total. The fourth-order valence-electron chi connectivity index (χ4n) is 3.28. The maximum atomic E-state index is 12.4. The number of esters is 1. The van der Waals surface area contributed by atoms with E-state index in [4.69, 9.17) is 4.74 Å². The number of carbonyl (C=O) groups excluding carboxylic acids is 1. The van der Waals surface area contributed by atoms with Crippen molar-refractivity contribution in [3.63, 3.8) is 0 Å². The molecule has 0 amide bonds. The number of halogens is 1. The largest absolute Gasteiger partial charge is 0.468 e. The first-order valence-electron chi connectivity index (χ1n) is 8.10. The van der Waals surface area contributed by atoms with Crippen LogP contribution >= 0.6 is 15.9 Å². The number of hydrogen-bond acceptors (Lipinski definition) is 3. The van der Waals surface area contributed by atoms with Gasteiger partial charge in [0.25, 0.3) is 0 Å². The molecule has 0 aromatic heterocycles. The van der Waals surface area contributed by atoms with Crippen LogP contribution in [0.25, 0.3) is 0 Å². The number of methoxy groups -OCH3 is 1. The quantitative estimate of drug-likeness (QED) is 0.612. The second kappa shape index (κ2) is 8.29. The lowest BCUT2D eigenvalue weighted by Gasteiger charge is -2.31. The van der Waals surface area contributed by atoms with Crippen molar-refractivity contribution in [2.24, 2.45) is 5.41 Å². The summed E-state index contributed by atoms with van der Waals surface area (Å²) in [6.45, 7) is 7.58. The molecule has 3 nitrogen and oxygen atoms in total. The average molecular weight is 384 g/mol. The highest BCUT2D eigenvalue weighted by Crippen LogP contribution is 2.35. The molecule has 0 radical (unpaired) electrons. The van der Waals surface area contributed by atoms with E-state index >= 15 is 0 Å². The number of hydrogen-bond donors (Lipinski definition) is 0. The van der Waals surface area contributed by atoms with Gasteiger partial charge in [0.15, 0.2) is 0 Å². The van der Waals surface area contributed by atoms with Gasteiger partial charge < -0.3 is 9.64 Å². The van der Waals surface area contributed by atoms with Gasteiger partial charge in [0.05, 0.1) is 12.5 Å². The summed E-state index contributed by atoms with van der Waals surface area (Å²) >= 11 is 3.50. The molecule has 0 aliphatic rings. The van der Waals surface area contributed by atoms with E-state index in [0.29, 0.717) is 0 Å². The summed E-state index contributed by atoms with van der Waals surface area (Å²) in [7, 11) is 5.66. The molecule has 0 aliphatic heterocycles. The highest BCUT2D eigenvalue weighted by atomic mass is 79.9.